The van der Waals surface area contributed by atoms with Crippen molar-refractivity contribution in [2.24, 2.45) is 0 Å². The molecule has 0 fully saturated rings. The maximum Gasteiger partial charge on any atom is 0.335 e. The number of aliphatic hydroxyl groups is 4. The number of hydrogen-bond donors (Lipinski definition) is 6. The molecule has 0 unspecified atom stereocenters. The van der Waals surface area contributed by atoms with E-state index in [0.717, 1.165) is 0 Å². The topological polar surface area (TPSA) is 156 Å². The molecule has 0 aromatic heterocycles. The van der Waals surface area contributed by atoms with Gasteiger partial charge in [-0.25, -0.2) is 9.59 Å². The first-order valence-corrected chi connectivity index (χ1v) is 3.47. The molecule has 0 aromatic rings. The second-order valence-electron chi connectivity index (χ2n) is 2.55. The van der Waals surface area contributed by atoms with Crippen LogP contribution in [0.25, 0.3) is 0 Å². The average Bonchev–Trinajstić information content (AvgIpc) is 2.12. The van der Waals surface area contributed by atoms with Crippen LogP contribution in [0, 0.1) is 0 Å². The number of aliphatic carboxylic acids is 2. The van der Waals surface area contributed by atoms with Crippen LogP contribution < -0.4 is 0 Å². The van der Waals surface area contributed by atoms with E-state index in [9.17, 15) is 9.59 Å². The van der Waals surface area contributed by atoms with Crippen molar-refractivity contribution in [3.05, 3.63) is 0 Å². The summed E-state index contributed by atoms with van der Waals surface area (Å²) in [5.41, 5.74) is 0. The summed E-state index contributed by atoms with van der Waals surface area (Å²) in [4.78, 5) is 20.2. The summed E-state index contributed by atoms with van der Waals surface area (Å²) in [6, 6.07) is 0. The molecule has 0 rings (SSSR count). The molecule has 15 heavy (non-hydrogen) atoms. The van der Waals surface area contributed by atoms with Gasteiger partial charge in [0.2, 0.25) is 0 Å². The minimum absolute atomic E-state index is 0. The second kappa shape index (κ2) is 6.72. The first kappa shape index (κ1) is 16.7. The van der Waals surface area contributed by atoms with Crippen molar-refractivity contribution >= 4 is 11.9 Å². The molecule has 0 aliphatic rings. The van der Waals surface area contributed by atoms with E-state index in [1.165, 1.54) is 0 Å². The third-order valence-electron chi connectivity index (χ3n) is 1.50. The van der Waals surface area contributed by atoms with E-state index in [1.807, 2.05) is 0 Å². The predicted octanol–water partition coefficient (Wildman–Crippen LogP) is -3.40. The zero-order valence-corrected chi connectivity index (χ0v) is 8.05. The Hall–Kier alpha value is -0.701. The van der Waals surface area contributed by atoms with Gasteiger partial charge in [0.25, 0.3) is 0 Å². The number of rotatable bonds is 5. The fraction of sp³-hybridized carbons (Fsp3) is 0.667. The standard InChI is InChI=1S/C6H10O8.Cu/c7-1(3(9)5(11)12)2(8)4(10)6(13)14;/h1-4,7-10H,(H,11,12)(H,13,14);/t1-,2+,3-,4-;/m1./s1. The fourth-order valence-electron chi connectivity index (χ4n) is 0.666. The zero-order chi connectivity index (χ0) is 11.5. The predicted molar refractivity (Wildman–Crippen MR) is 39.3 cm³/mol. The van der Waals surface area contributed by atoms with E-state index >= 15 is 0 Å². The Bertz CT molecular complexity index is 207. The third-order valence-corrected chi connectivity index (χ3v) is 1.50. The molecule has 9 heteroatoms. The SMILES string of the molecule is O=C(O)[C@H](O)[C@H](O)[C@H](O)[C@@H](O)C(=O)O.[Cu]. The summed E-state index contributed by atoms with van der Waals surface area (Å²) in [5, 5.41) is 51.5. The number of hydrogen-bond acceptors (Lipinski definition) is 6. The Morgan fingerprint density at radius 1 is 0.733 bits per heavy atom. The quantitative estimate of drug-likeness (QED) is 0.283. The van der Waals surface area contributed by atoms with Gasteiger partial charge in [0.05, 0.1) is 0 Å². The molecule has 1 radical (unpaired) electrons. The number of carboxylic acids is 2. The van der Waals surface area contributed by atoms with Gasteiger partial charge in [-0.3, -0.25) is 0 Å². The van der Waals surface area contributed by atoms with Crippen molar-refractivity contribution in [1.82, 2.24) is 0 Å². The van der Waals surface area contributed by atoms with Gasteiger partial charge in [-0.15, -0.1) is 0 Å². The summed E-state index contributed by atoms with van der Waals surface area (Å²) in [6.07, 6.45) is -9.28. The van der Waals surface area contributed by atoms with Gasteiger partial charge in [0, 0.05) is 17.1 Å². The number of carbonyl (C=O) groups is 2. The molecule has 0 aromatic carbocycles. The van der Waals surface area contributed by atoms with Gasteiger partial charge in [-0.05, 0) is 0 Å². The molecule has 0 amide bonds. The molecule has 6 N–H and O–H groups in total. The van der Waals surface area contributed by atoms with Crippen LogP contribution >= 0.6 is 0 Å². The molecular formula is C6H10CuO8. The van der Waals surface area contributed by atoms with E-state index in [-0.39, 0.29) is 17.1 Å². The monoisotopic (exact) mass is 273 g/mol. The van der Waals surface area contributed by atoms with Crippen LogP contribution in [0.1, 0.15) is 0 Å². The van der Waals surface area contributed by atoms with Gasteiger partial charge in [0.15, 0.2) is 12.2 Å². The molecule has 93 valence electrons. The van der Waals surface area contributed by atoms with E-state index in [2.05, 4.69) is 0 Å². The Labute approximate surface area is 94.2 Å². The summed E-state index contributed by atoms with van der Waals surface area (Å²) in [5.74, 6) is -3.68. The zero-order valence-electron chi connectivity index (χ0n) is 7.11. The molecule has 0 saturated heterocycles. The molecule has 0 bridgehead atoms. The fourth-order valence-corrected chi connectivity index (χ4v) is 0.666. The van der Waals surface area contributed by atoms with E-state index in [0.29, 0.717) is 0 Å². The van der Waals surface area contributed by atoms with E-state index in [4.69, 9.17) is 30.6 Å². The molecule has 0 aliphatic carbocycles. The van der Waals surface area contributed by atoms with Crippen molar-refractivity contribution < 1.29 is 57.3 Å². The Morgan fingerprint density at radius 2 is 0.933 bits per heavy atom. The third kappa shape index (κ3) is 4.56. The van der Waals surface area contributed by atoms with Crippen LogP contribution in [0.15, 0.2) is 0 Å². The molecule has 0 saturated carbocycles. The largest absolute Gasteiger partial charge is 0.479 e. The Balaban J connectivity index is 0. The Kier molecular flexibility index (Phi) is 7.49. The second-order valence-corrected chi connectivity index (χ2v) is 2.55. The smallest absolute Gasteiger partial charge is 0.335 e. The van der Waals surface area contributed by atoms with Gasteiger partial charge in [0.1, 0.15) is 12.2 Å². The van der Waals surface area contributed by atoms with Gasteiger partial charge in [-0.2, -0.15) is 0 Å². The van der Waals surface area contributed by atoms with Crippen molar-refractivity contribution in [2.45, 2.75) is 24.4 Å². The van der Waals surface area contributed by atoms with Crippen molar-refractivity contribution in [3.63, 3.8) is 0 Å². The van der Waals surface area contributed by atoms with Crippen molar-refractivity contribution in [2.75, 3.05) is 0 Å². The summed E-state index contributed by atoms with van der Waals surface area (Å²) in [6.45, 7) is 0. The molecular weight excluding hydrogens is 264 g/mol. The number of carboxylic acid groups (broad SMARTS) is 2. The van der Waals surface area contributed by atoms with Gasteiger partial charge < -0.3 is 30.6 Å². The first-order valence-electron chi connectivity index (χ1n) is 3.47. The van der Waals surface area contributed by atoms with Gasteiger partial charge in [-0.1, -0.05) is 0 Å². The Morgan fingerprint density at radius 3 is 1.07 bits per heavy atom. The molecule has 0 spiro atoms. The summed E-state index contributed by atoms with van der Waals surface area (Å²) in [7, 11) is 0. The normalized spacial score (nSPS) is 18.1. The maximum atomic E-state index is 10.1. The molecule has 8 nitrogen and oxygen atoms in total. The van der Waals surface area contributed by atoms with Crippen LogP contribution in [-0.2, 0) is 26.7 Å². The van der Waals surface area contributed by atoms with Gasteiger partial charge >= 0.3 is 11.9 Å². The minimum atomic E-state index is -2.36. The summed E-state index contributed by atoms with van der Waals surface area (Å²) < 4.78 is 0. The van der Waals surface area contributed by atoms with Crippen molar-refractivity contribution in [1.29, 1.82) is 0 Å². The van der Waals surface area contributed by atoms with Crippen LogP contribution in [0.3, 0.4) is 0 Å². The van der Waals surface area contributed by atoms with E-state index < -0.39 is 36.4 Å². The van der Waals surface area contributed by atoms with E-state index in [1.54, 1.807) is 0 Å². The molecule has 0 aliphatic heterocycles. The van der Waals surface area contributed by atoms with Crippen LogP contribution in [-0.4, -0.2) is 67.0 Å². The van der Waals surface area contributed by atoms with Crippen LogP contribution in [0.5, 0.6) is 0 Å². The average molecular weight is 274 g/mol. The van der Waals surface area contributed by atoms with Crippen LogP contribution in [0.2, 0.25) is 0 Å². The molecule has 4 atom stereocenters. The minimum Gasteiger partial charge on any atom is -0.479 e. The number of aliphatic hydroxyl groups excluding tert-OH is 4. The summed E-state index contributed by atoms with van der Waals surface area (Å²) >= 11 is 0. The molecule has 0 heterocycles. The maximum absolute atomic E-state index is 10.1. The van der Waals surface area contributed by atoms with Crippen molar-refractivity contribution in [3.8, 4) is 0 Å². The first-order chi connectivity index (χ1) is 6.29. The van der Waals surface area contributed by atoms with Crippen LogP contribution in [0.4, 0.5) is 0 Å².